The molecule has 0 aliphatic rings. The van der Waals surface area contributed by atoms with Gasteiger partial charge in [0.25, 0.3) is 0 Å². The minimum absolute atomic E-state index is 0.0553. The zero-order valence-corrected chi connectivity index (χ0v) is 11.8. The molecule has 20 heavy (non-hydrogen) atoms. The Labute approximate surface area is 121 Å². The van der Waals surface area contributed by atoms with E-state index in [0.29, 0.717) is 11.6 Å². The summed E-state index contributed by atoms with van der Waals surface area (Å²) in [6, 6.07) is 12.1. The van der Waals surface area contributed by atoms with Crippen molar-refractivity contribution in [3.63, 3.8) is 0 Å². The molecular weight excluding hydrogens is 354 g/mol. The molecule has 2 rings (SSSR count). The van der Waals surface area contributed by atoms with Crippen molar-refractivity contribution in [1.29, 1.82) is 0 Å². The molecule has 1 N–H and O–H groups in total. The van der Waals surface area contributed by atoms with Gasteiger partial charge < -0.3 is 5.32 Å². The van der Waals surface area contributed by atoms with E-state index in [-0.39, 0.29) is 5.69 Å². The molecule has 2 aromatic rings. The normalized spacial score (nSPS) is 9.10. The van der Waals surface area contributed by atoms with E-state index in [1.54, 1.807) is 18.2 Å². The summed E-state index contributed by atoms with van der Waals surface area (Å²) in [4.78, 5) is 11.7. The molecular formula is C13H8F2NO3Tc. The zero-order chi connectivity index (χ0) is 15.0. The van der Waals surface area contributed by atoms with Crippen LogP contribution in [0, 0.1) is 17.7 Å². The van der Waals surface area contributed by atoms with E-state index in [1.807, 2.05) is 0 Å². The van der Waals surface area contributed by atoms with Gasteiger partial charge in [-0.25, -0.2) is 8.78 Å². The number of hydrogen-bond acceptors (Lipinski definition) is 3. The molecule has 0 saturated carbocycles. The fourth-order valence-electron chi connectivity index (χ4n) is 1.32. The number of hydrogen-bond donors (Lipinski definition) is 1. The number of amides is 1. The van der Waals surface area contributed by atoms with Crippen molar-refractivity contribution < 1.29 is 38.2 Å². The summed E-state index contributed by atoms with van der Waals surface area (Å²) >= 11 is -1.91. The molecule has 0 spiro atoms. The van der Waals surface area contributed by atoms with Crippen molar-refractivity contribution in [1.82, 2.24) is 0 Å². The Hall–Kier alpha value is -1.98. The predicted octanol–water partition coefficient (Wildman–Crippen LogP) is 2.78. The van der Waals surface area contributed by atoms with Crippen LogP contribution in [-0.2, 0) is 24.6 Å². The quantitative estimate of drug-likeness (QED) is 0.836. The number of benzene rings is 2. The van der Waals surface area contributed by atoms with Crippen molar-refractivity contribution in [3.05, 3.63) is 65.7 Å². The molecule has 0 bridgehead atoms. The number of carbonyl (C=O) groups excluding carboxylic acids is 1. The second kappa shape index (κ2) is 8.24. The molecule has 4 nitrogen and oxygen atoms in total. The average Bonchev–Trinajstić information content (AvgIpc) is 2.44. The fourth-order valence-corrected chi connectivity index (χ4v) is 1.32. The SMILES string of the molecule is O=C(Nc1ccc(F)cc1F)c1c[c-]ccc1.[O]=[Tc+]=[O]. The van der Waals surface area contributed by atoms with Crippen LogP contribution >= 0.6 is 0 Å². The summed E-state index contributed by atoms with van der Waals surface area (Å²) < 4.78 is 42.9. The van der Waals surface area contributed by atoms with E-state index in [4.69, 9.17) is 7.01 Å². The Bertz CT molecular complexity index is 629. The summed E-state index contributed by atoms with van der Waals surface area (Å²) in [5, 5.41) is 2.35. The molecule has 1 amide bonds. The molecule has 0 unspecified atom stereocenters. The van der Waals surface area contributed by atoms with Crippen molar-refractivity contribution in [2.24, 2.45) is 0 Å². The Morgan fingerprint density at radius 2 is 1.90 bits per heavy atom. The first-order chi connectivity index (χ1) is 9.58. The van der Waals surface area contributed by atoms with Gasteiger partial charge in [0.1, 0.15) is 11.6 Å². The van der Waals surface area contributed by atoms with Crippen LogP contribution < -0.4 is 5.32 Å². The third kappa shape index (κ3) is 4.95. The van der Waals surface area contributed by atoms with E-state index in [9.17, 15) is 13.6 Å². The molecule has 0 atom stereocenters. The third-order valence-corrected chi connectivity index (χ3v) is 2.15. The number of rotatable bonds is 2. The predicted molar refractivity (Wildman–Crippen MR) is 61.0 cm³/mol. The molecule has 0 radical (unpaired) electrons. The van der Waals surface area contributed by atoms with Crippen LogP contribution in [0.2, 0.25) is 0 Å². The summed E-state index contributed by atoms with van der Waals surface area (Å²) in [6.45, 7) is 0. The number of halogens is 2. The van der Waals surface area contributed by atoms with E-state index in [1.165, 1.54) is 12.1 Å². The maximum atomic E-state index is 13.3. The van der Waals surface area contributed by atoms with Gasteiger partial charge in [0.05, 0.1) is 5.69 Å². The summed E-state index contributed by atoms with van der Waals surface area (Å²) in [7, 11) is 0. The van der Waals surface area contributed by atoms with Crippen LogP contribution in [0.15, 0.2) is 42.5 Å². The van der Waals surface area contributed by atoms with Crippen LogP contribution in [0.25, 0.3) is 0 Å². The van der Waals surface area contributed by atoms with Crippen LogP contribution in [0.4, 0.5) is 14.5 Å². The van der Waals surface area contributed by atoms with E-state index >= 15 is 0 Å². The number of anilines is 1. The summed E-state index contributed by atoms with van der Waals surface area (Å²) in [5.74, 6) is -1.96. The molecule has 0 aliphatic heterocycles. The molecule has 0 aliphatic carbocycles. The number of nitrogens with one attached hydrogen (secondary N) is 1. The maximum absolute atomic E-state index is 13.3. The second-order valence-electron chi connectivity index (χ2n) is 3.43. The second-order valence-corrected chi connectivity index (χ2v) is 3.74. The Kier molecular flexibility index (Phi) is 6.62. The third-order valence-electron chi connectivity index (χ3n) is 2.15. The zero-order valence-electron chi connectivity index (χ0n) is 9.90. The van der Waals surface area contributed by atoms with Gasteiger partial charge in [-0.3, -0.25) is 4.79 Å². The van der Waals surface area contributed by atoms with Gasteiger partial charge in [-0.1, -0.05) is 5.56 Å². The van der Waals surface area contributed by atoms with Gasteiger partial charge in [0.2, 0.25) is 0 Å². The molecule has 104 valence electrons. The first-order valence-electron chi connectivity index (χ1n) is 5.20. The van der Waals surface area contributed by atoms with Crippen LogP contribution in [-0.4, -0.2) is 5.91 Å². The molecule has 0 aromatic heterocycles. The van der Waals surface area contributed by atoms with Gasteiger partial charge in [-0.2, -0.15) is 30.3 Å². The first-order valence-corrected chi connectivity index (χ1v) is 6.72. The fraction of sp³-hybridized carbons (Fsp3) is 0. The molecule has 2 aromatic carbocycles. The minimum atomic E-state index is -1.91. The van der Waals surface area contributed by atoms with Crippen molar-refractivity contribution in [2.45, 2.75) is 0 Å². The molecule has 0 heterocycles. The van der Waals surface area contributed by atoms with Crippen LogP contribution in [0.1, 0.15) is 10.4 Å². The Morgan fingerprint density at radius 3 is 2.45 bits per heavy atom. The van der Waals surface area contributed by atoms with E-state index < -0.39 is 35.1 Å². The van der Waals surface area contributed by atoms with Crippen molar-refractivity contribution in [3.8, 4) is 0 Å². The van der Waals surface area contributed by atoms with Crippen LogP contribution in [0.3, 0.4) is 0 Å². The van der Waals surface area contributed by atoms with Gasteiger partial charge in [0, 0.05) is 6.07 Å². The van der Waals surface area contributed by atoms with Gasteiger partial charge in [-0.05, 0) is 12.1 Å². The molecule has 0 saturated heterocycles. The van der Waals surface area contributed by atoms with E-state index in [2.05, 4.69) is 11.4 Å². The van der Waals surface area contributed by atoms with Gasteiger partial charge in [-0.15, -0.1) is 0 Å². The summed E-state index contributed by atoms with van der Waals surface area (Å²) in [6.07, 6.45) is 0. The Balaban J connectivity index is 0.000000612. The van der Waals surface area contributed by atoms with Crippen molar-refractivity contribution in [2.75, 3.05) is 5.32 Å². The number of carbonyl (C=O) groups is 1. The summed E-state index contributed by atoms with van der Waals surface area (Å²) in [5.41, 5.74) is 0.302. The Morgan fingerprint density at radius 1 is 1.20 bits per heavy atom. The first kappa shape index (κ1) is 16.1. The van der Waals surface area contributed by atoms with Crippen LogP contribution in [0.5, 0.6) is 0 Å². The van der Waals surface area contributed by atoms with Gasteiger partial charge >= 0.3 is 24.6 Å². The monoisotopic (exact) mass is 361 g/mol. The molecule has 0 fully saturated rings. The van der Waals surface area contributed by atoms with Gasteiger partial charge in [0.15, 0.2) is 5.91 Å². The topological polar surface area (TPSA) is 63.2 Å². The molecule has 7 heteroatoms. The standard InChI is InChI=1S/C13H8F2NO.2O.Tc/c14-10-6-7-12(11(15)8-10)16-13(17)9-4-2-1-3-5-9;;;/h1-2,4-8H,(H,16,17);;;/q-1;;;+1. The van der Waals surface area contributed by atoms with Crippen molar-refractivity contribution >= 4 is 11.6 Å². The average molecular weight is 362 g/mol. The van der Waals surface area contributed by atoms with E-state index in [0.717, 1.165) is 6.07 Å².